The molecule has 0 fully saturated rings. The van der Waals surface area contributed by atoms with Crippen LogP contribution in [0.15, 0.2) is 91.3 Å². The first kappa shape index (κ1) is 26.8. The summed E-state index contributed by atoms with van der Waals surface area (Å²) in [4.78, 5) is 9.30. The fraction of sp³-hybridized carbons (Fsp3) is 0.176. The number of aromatic nitrogens is 3. The molecular formula is C34H29N3OPt. The van der Waals surface area contributed by atoms with Crippen molar-refractivity contribution in [1.82, 2.24) is 14.5 Å². The van der Waals surface area contributed by atoms with Gasteiger partial charge in [0.2, 0.25) is 5.88 Å². The van der Waals surface area contributed by atoms with Crippen molar-refractivity contribution in [3.8, 4) is 28.6 Å². The molecule has 0 radical (unpaired) electrons. The zero-order chi connectivity index (χ0) is 26.2. The first-order valence-electron chi connectivity index (χ1n) is 13.1. The van der Waals surface area contributed by atoms with Gasteiger partial charge in [0.1, 0.15) is 5.82 Å². The Bertz CT molecular complexity index is 1760. The van der Waals surface area contributed by atoms with Crippen molar-refractivity contribution < 1.29 is 25.8 Å². The second kappa shape index (κ2) is 11.2. The third kappa shape index (κ3) is 5.14. The third-order valence-corrected chi connectivity index (χ3v) is 6.91. The summed E-state index contributed by atoms with van der Waals surface area (Å²) in [5.74, 6) is 2.85. The molecule has 0 saturated carbocycles. The van der Waals surface area contributed by atoms with Crippen LogP contribution in [-0.2, 0) is 21.1 Å². The maximum absolute atomic E-state index is 5.95. The van der Waals surface area contributed by atoms with Crippen LogP contribution in [0.4, 0.5) is 0 Å². The molecule has 0 amide bonds. The summed E-state index contributed by atoms with van der Waals surface area (Å²) in [7, 11) is 0. The van der Waals surface area contributed by atoms with Crippen LogP contribution < -0.4 is 4.74 Å². The maximum Gasteiger partial charge on any atom is 2.00 e. The summed E-state index contributed by atoms with van der Waals surface area (Å²) >= 11 is 0. The largest absolute Gasteiger partial charge is 2.00 e. The molecule has 6 rings (SSSR count). The average molecular weight is 691 g/mol. The van der Waals surface area contributed by atoms with Gasteiger partial charge in [-0.3, -0.25) is 0 Å². The molecule has 39 heavy (non-hydrogen) atoms. The van der Waals surface area contributed by atoms with E-state index in [1.54, 1.807) is 6.20 Å². The molecule has 0 atom stereocenters. The van der Waals surface area contributed by atoms with E-state index in [1.807, 2.05) is 42.6 Å². The van der Waals surface area contributed by atoms with E-state index in [9.17, 15) is 0 Å². The minimum atomic E-state index is 0. The molecule has 0 bridgehead atoms. The predicted octanol–water partition coefficient (Wildman–Crippen LogP) is 8.88. The van der Waals surface area contributed by atoms with Crippen LogP contribution in [0.25, 0.3) is 38.8 Å². The molecule has 4 nitrogen and oxygen atoms in total. The SMILES string of the molecule is CC(C)c1cnc(-n2c3[c-]c(-c4[c-]c(Oc5ccccn5)ccc4)ccc3c3ccccc32)c(C(C)C)c1.[Pt+2]. The normalized spacial score (nSPS) is 11.3. The Morgan fingerprint density at radius 2 is 1.54 bits per heavy atom. The number of pyridine rings is 2. The molecule has 196 valence electrons. The molecule has 0 spiro atoms. The summed E-state index contributed by atoms with van der Waals surface area (Å²) in [6.07, 6.45) is 3.73. The Balaban J connectivity index is 0.00000308. The summed E-state index contributed by atoms with van der Waals surface area (Å²) in [5, 5.41) is 2.33. The van der Waals surface area contributed by atoms with Crippen LogP contribution in [-0.4, -0.2) is 14.5 Å². The van der Waals surface area contributed by atoms with Gasteiger partial charge in [-0.25, -0.2) is 21.1 Å². The van der Waals surface area contributed by atoms with E-state index in [4.69, 9.17) is 9.72 Å². The Labute approximate surface area is 244 Å². The van der Waals surface area contributed by atoms with Crippen molar-refractivity contribution in [2.45, 2.75) is 39.5 Å². The number of para-hydroxylation sites is 1. The summed E-state index contributed by atoms with van der Waals surface area (Å²) < 4.78 is 8.21. The molecule has 5 heteroatoms. The van der Waals surface area contributed by atoms with Crippen molar-refractivity contribution in [2.24, 2.45) is 0 Å². The van der Waals surface area contributed by atoms with Crippen molar-refractivity contribution in [3.63, 3.8) is 0 Å². The molecule has 0 unspecified atom stereocenters. The predicted molar refractivity (Wildman–Crippen MR) is 154 cm³/mol. The Morgan fingerprint density at radius 3 is 2.31 bits per heavy atom. The Kier molecular flexibility index (Phi) is 7.68. The topological polar surface area (TPSA) is 39.9 Å². The minimum absolute atomic E-state index is 0. The van der Waals surface area contributed by atoms with Gasteiger partial charge in [-0.05, 0) is 46.0 Å². The van der Waals surface area contributed by atoms with Crippen LogP contribution in [0.3, 0.4) is 0 Å². The monoisotopic (exact) mass is 690 g/mol. The standard InChI is InChI=1S/C34H29N3O.Pt/c1-22(2)26-19-30(23(3)4)34(36-21-26)37-31-13-6-5-12-28(31)29-16-15-25(20-32(29)37)24-10-9-11-27(18-24)38-33-14-7-8-17-35-33;/h5-17,19,21-23H,1-4H3;/q-2;+2. The summed E-state index contributed by atoms with van der Waals surface area (Å²) in [6, 6.07) is 33.7. The molecule has 3 aromatic carbocycles. The quantitative estimate of drug-likeness (QED) is 0.164. The van der Waals surface area contributed by atoms with Crippen LogP contribution in [0.5, 0.6) is 11.6 Å². The Morgan fingerprint density at radius 1 is 0.744 bits per heavy atom. The van der Waals surface area contributed by atoms with Gasteiger partial charge in [0.05, 0.1) is 0 Å². The van der Waals surface area contributed by atoms with Crippen molar-refractivity contribution in [1.29, 1.82) is 0 Å². The number of nitrogens with zero attached hydrogens (tertiary/aromatic N) is 3. The van der Waals surface area contributed by atoms with Gasteiger partial charge >= 0.3 is 21.1 Å². The Hall–Kier alpha value is -3.75. The van der Waals surface area contributed by atoms with E-state index in [0.29, 0.717) is 23.5 Å². The first-order chi connectivity index (χ1) is 18.5. The van der Waals surface area contributed by atoms with Crippen LogP contribution >= 0.6 is 0 Å². The van der Waals surface area contributed by atoms with Crippen LogP contribution in [0.2, 0.25) is 0 Å². The van der Waals surface area contributed by atoms with E-state index in [2.05, 4.69) is 91.8 Å². The number of hydrogen-bond donors (Lipinski definition) is 0. The molecule has 6 aromatic rings. The van der Waals surface area contributed by atoms with E-state index >= 15 is 0 Å². The van der Waals surface area contributed by atoms with Crippen LogP contribution in [0.1, 0.15) is 50.7 Å². The van der Waals surface area contributed by atoms with Gasteiger partial charge in [0.15, 0.2) is 0 Å². The van der Waals surface area contributed by atoms with Crippen molar-refractivity contribution in [3.05, 3.63) is 115 Å². The van der Waals surface area contributed by atoms with Gasteiger partial charge in [0.25, 0.3) is 0 Å². The summed E-state index contributed by atoms with van der Waals surface area (Å²) in [6.45, 7) is 8.89. The van der Waals surface area contributed by atoms with Crippen molar-refractivity contribution >= 4 is 21.8 Å². The number of ether oxygens (including phenoxy) is 1. The zero-order valence-corrected chi connectivity index (χ0v) is 24.7. The van der Waals surface area contributed by atoms with E-state index in [-0.39, 0.29) is 21.1 Å². The molecule has 0 aliphatic rings. The van der Waals surface area contributed by atoms with Gasteiger partial charge < -0.3 is 9.30 Å². The molecule has 0 saturated heterocycles. The molecule has 0 N–H and O–H groups in total. The molecule has 0 aliphatic heterocycles. The van der Waals surface area contributed by atoms with Gasteiger partial charge in [0, 0.05) is 29.7 Å². The third-order valence-electron chi connectivity index (χ3n) is 6.91. The number of hydrogen-bond acceptors (Lipinski definition) is 3. The molecule has 3 aromatic heterocycles. The summed E-state index contributed by atoms with van der Waals surface area (Å²) in [5.41, 5.74) is 6.46. The molecule has 0 aliphatic carbocycles. The van der Waals surface area contributed by atoms with Gasteiger partial charge in [-0.15, -0.1) is 18.2 Å². The second-order valence-corrected chi connectivity index (χ2v) is 10.2. The number of benzene rings is 3. The fourth-order valence-electron chi connectivity index (χ4n) is 4.87. The average Bonchev–Trinajstić information content (AvgIpc) is 3.27. The second-order valence-electron chi connectivity index (χ2n) is 10.2. The maximum atomic E-state index is 5.95. The first-order valence-corrected chi connectivity index (χ1v) is 13.1. The van der Waals surface area contributed by atoms with Gasteiger partial charge in [-0.1, -0.05) is 63.4 Å². The molecular weight excluding hydrogens is 661 g/mol. The smallest absolute Gasteiger partial charge is 0.460 e. The van der Waals surface area contributed by atoms with Crippen molar-refractivity contribution in [2.75, 3.05) is 0 Å². The van der Waals surface area contributed by atoms with E-state index in [0.717, 1.165) is 33.4 Å². The fourth-order valence-corrected chi connectivity index (χ4v) is 4.87. The molecule has 3 heterocycles. The van der Waals surface area contributed by atoms with E-state index in [1.165, 1.54) is 16.5 Å². The number of fused-ring (bicyclic) bond motifs is 3. The van der Waals surface area contributed by atoms with Gasteiger partial charge in [-0.2, -0.15) is 24.3 Å². The van der Waals surface area contributed by atoms with E-state index < -0.39 is 0 Å². The number of rotatable bonds is 6. The van der Waals surface area contributed by atoms with Crippen LogP contribution in [0, 0.1) is 12.1 Å². The zero-order valence-electron chi connectivity index (χ0n) is 22.4. The minimum Gasteiger partial charge on any atom is -0.460 e.